The van der Waals surface area contributed by atoms with Gasteiger partial charge in [-0.25, -0.2) is 8.42 Å². The Kier molecular flexibility index (Phi) is 6.25. The number of likely N-dealkylation sites (tertiary alicyclic amines) is 1. The van der Waals surface area contributed by atoms with Gasteiger partial charge in [0.15, 0.2) is 0 Å². The van der Waals surface area contributed by atoms with Gasteiger partial charge in [-0.15, -0.1) is 0 Å². The molecule has 1 saturated heterocycles. The van der Waals surface area contributed by atoms with E-state index in [0.717, 1.165) is 25.7 Å². The van der Waals surface area contributed by atoms with E-state index < -0.39 is 22.2 Å². The first-order valence-corrected chi connectivity index (χ1v) is 12.5. The highest BCUT2D eigenvalue weighted by molar-refractivity contribution is 7.89. The second kappa shape index (κ2) is 8.78. The van der Waals surface area contributed by atoms with E-state index in [0.29, 0.717) is 31.7 Å². The fourth-order valence-electron chi connectivity index (χ4n) is 4.88. The van der Waals surface area contributed by atoms with E-state index in [1.165, 1.54) is 15.3 Å². The number of fused-ring (bicyclic) bond motifs is 2. The molecule has 0 spiro atoms. The largest absolute Gasteiger partial charge is 0.487 e. The molecule has 1 aromatic carbocycles. The Hall–Kier alpha value is -2.13. The van der Waals surface area contributed by atoms with E-state index in [1.807, 2.05) is 4.90 Å². The summed E-state index contributed by atoms with van der Waals surface area (Å²) >= 11 is 0. The van der Waals surface area contributed by atoms with Crippen molar-refractivity contribution in [2.24, 2.45) is 5.92 Å². The minimum Gasteiger partial charge on any atom is -0.487 e. The van der Waals surface area contributed by atoms with Crippen molar-refractivity contribution in [3.63, 3.8) is 0 Å². The van der Waals surface area contributed by atoms with Crippen molar-refractivity contribution in [2.75, 3.05) is 33.7 Å². The van der Waals surface area contributed by atoms with Gasteiger partial charge in [-0.05, 0) is 31.4 Å². The molecular weight excluding hydrogens is 418 g/mol. The number of nitrogens with zero attached hydrogens (tertiary/aromatic N) is 3. The maximum absolute atomic E-state index is 13.6. The van der Waals surface area contributed by atoms with E-state index >= 15 is 0 Å². The highest BCUT2D eigenvalue weighted by Crippen LogP contribution is 2.37. The van der Waals surface area contributed by atoms with Crippen LogP contribution in [0.1, 0.15) is 38.5 Å². The number of ether oxygens (including phenoxy) is 1. The summed E-state index contributed by atoms with van der Waals surface area (Å²) in [5.41, 5.74) is 0. The van der Waals surface area contributed by atoms with Crippen LogP contribution in [0.3, 0.4) is 0 Å². The van der Waals surface area contributed by atoms with Crippen LogP contribution >= 0.6 is 0 Å². The normalized spacial score (nSPS) is 26.2. The Morgan fingerprint density at radius 1 is 1.06 bits per heavy atom. The molecule has 0 N–H and O–H groups in total. The lowest BCUT2D eigenvalue weighted by Crippen LogP contribution is -2.50. The molecule has 0 bridgehead atoms. The monoisotopic (exact) mass is 449 g/mol. The summed E-state index contributed by atoms with van der Waals surface area (Å²) < 4.78 is 34.7. The number of sulfonamides is 1. The number of hydrogen-bond donors (Lipinski definition) is 0. The number of rotatable bonds is 3. The van der Waals surface area contributed by atoms with Crippen LogP contribution in [0.25, 0.3) is 0 Å². The maximum atomic E-state index is 13.6. The number of carbonyl (C=O) groups is 2. The summed E-state index contributed by atoms with van der Waals surface area (Å²) in [5.74, 6) is 0.283. The topological polar surface area (TPSA) is 87.2 Å². The molecule has 1 saturated carbocycles. The molecule has 1 aromatic rings. The Bertz CT molecular complexity index is 942. The predicted octanol–water partition coefficient (Wildman–Crippen LogP) is 1.71. The van der Waals surface area contributed by atoms with Gasteiger partial charge < -0.3 is 14.5 Å². The van der Waals surface area contributed by atoms with Crippen molar-refractivity contribution < 1.29 is 22.7 Å². The molecule has 2 amide bonds. The average Bonchev–Trinajstić information content (AvgIpc) is 3.18. The van der Waals surface area contributed by atoms with Gasteiger partial charge in [0.05, 0.1) is 12.6 Å². The highest BCUT2D eigenvalue weighted by atomic mass is 32.2. The van der Waals surface area contributed by atoms with Crippen LogP contribution in [0.4, 0.5) is 0 Å². The zero-order chi connectivity index (χ0) is 22.2. The number of hydrogen-bond acceptors (Lipinski definition) is 5. The molecule has 2 atom stereocenters. The quantitative estimate of drug-likeness (QED) is 0.701. The van der Waals surface area contributed by atoms with E-state index in [4.69, 9.17) is 4.74 Å². The maximum Gasteiger partial charge on any atom is 0.247 e. The molecule has 0 aromatic heterocycles. The van der Waals surface area contributed by atoms with Gasteiger partial charge in [0, 0.05) is 39.5 Å². The van der Waals surface area contributed by atoms with Gasteiger partial charge in [0.25, 0.3) is 0 Å². The number of amides is 2. The van der Waals surface area contributed by atoms with Gasteiger partial charge in [-0.2, -0.15) is 4.31 Å². The lowest BCUT2D eigenvalue weighted by Gasteiger charge is -2.32. The molecule has 3 aliphatic rings. The van der Waals surface area contributed by atoms with Crippen LogP contribution in [-0.4, -0.2) is 80.2 Å². The molecule has 31 heavy (non-hydrogen) atoms. The third kappa shape index (κ3) is 4.30. The number of benzene rings is 1. The molecule has 2 heterocycles. The van der Waals surface area contributed by atoms with Gasteiger partial charge >= 0.3 is 0 Å². The van der Waals surface area contributed by atoms with Crippen LogP contribution < -0.4 is 4.74 Å². The Morgan fingerprint density at radius 2 is 1.74 bits per heavy atom. The van der Waals surface area contributed by atoms with Crippen molar-refractivity contribution in [1.82, 2.24) is 14.1 Å². The SMILES string of the molecule is CN(C)C(=O)CN1[C@H]2CCN(C(=O)C3CCCC3)CC[C@@H]2Oc2ccccc2S1(=O)=O. The Balaban J connectivity index is 1.66. The minimum absolute atomic E-state index is 0.0831. The summed E-state index contributed by atoms with van der Waals surface area (Å²) in [6.45, 7) is 0.761. The molecule has 170 valence electrons. The van der Waals surface area contributed by atoms with Gasteiger partial charge in [0.2, 0.25) is 21.8 Å². The third-order valence-corrected chi connectivity index (χ3v) is 8.61. The van der Waals surface area contributed by atoms with Crippen LogP contribution in [0.15, 0.2) is 29.2 Å². The van der Waals surface area contributed by atoms with Crippen LogP contribution in [0.2, 0.25) is 0 Å². The second-order valence-electron chi connectivity index (χ2n) is 8.89. The number of para-hydroxylation sites is 1. The van der Waals surface area contributed by atoms with Gasteiger partial charge in [-0.1, -0.05) is 25.0 Å². The van der Waals surface area contributed by atoms with E-state index in [1.54, 1.807) is 32.3 Å². The van der Waals surface area contributed by atoms with Crippen LogP contribution in [0.5, 0.6) is 5.75 Å². The molecule has 2 aliphatic heterocycles. The van der Waals surface area contributed by atoms with Crippen LogP contribution in [0, 0.1) is 5.92 Å². The second-order valence-corrected chi connectivity index (χ2v) is 10.8. The summed E-state index contributed by atoms with van der Waals surface area (Å²) in [6.07, 6.45) is 4.60. The smallest absolute Gasteiger partial charge is 0.247 e. The molecule has 4 rings (SSSR count). The van der Waals surface area contributed by atoms with Crippen molar-refractivity contribution in [3.05, 3.63) is 24.3 Å². The summed E-state index contributed by atoms with van der Waals surface area (Å²) in [6, 6.07) is 6.08. The van der Waals surface area contributed by atoms with E-state index in [9.17, 15) is 18.0 Å². The lowest BCUT2D eigenvalue weighted by molar-refractivity contribution is -0.135. The van der Waals surface area contributed by atoms with Gasteiger partial charge in [0.1, 0.15) is 16.7 Å². The Morgan fingerprint density at radius 3 is 2.45 bits per heavy atom. The first kappa shape index (κ1) is 22.1. The molecule has 0 radical (unpaired) electrons. The van der Waals surface area contributed by atoms with Crippen molar-refractivity contribution in [3.8, 4) is 5.75 Å². The molecule has 0 unspecified atom stereocenters. The predicted molar refractivity (Wildman–Crippen MR) is 115 cm³/mol. The summed E-state index contributed by atoms with van der Waals surface area (Å²) in [4.78, 5) is 28.9. The fourth-order valence-corrected chi connectivity index (χ4v) is 6.64. The molecule has 2 fully saturated rings. The fraction of sp³-hybridized carbons (Fsp3) is 0.636. The van der Waals surface area contributed by atoms with Crippen molar-refractivity contribution in [1.29, 1.82) is 0 Å². The van der Waals surface area contributed by atoms with E-state index in [2.05, 4.69) is 0 Å². The first-order valence-electron chi connectivity index (χ1n) is 11.1. The third-order valence-electron chi connectivity index (χ3n) is 6.70. The molecule has 1 aliphatic carbocycles. The number of likely N-dealkylation sites (N-methyl/N-ethyl adjacent to an activating group) is 1. The van der Waals surface area contributed by atoms with Gasteiger partial charge in [-0.3, -0.25) is 9.59 Å². The Labute approximate surface area is 184 Å². The van der Waals surface area contributed by atoms with Crippen molar-refractivity contribution >= 4 is 21.8 Å². The molecule has 8 nitrogen and oxygen atoms in total. The molecule has 9 heteroatoms. The lowest BCUT2D eigenvalue weighted by atomic mass is 10.1. The standard InChI is InChI=1S/C22H31N3O5S/c1-23(2)21(26)15-25-17-11-13-24(22(27)16-7-3-4-8-16)14-12-18(17)30-19-9-5-6-10-20(19)31(25,28)29/h5-6,9-10,16-18H,3-4,7-8,11-15H2,1-2H3/t17-,18-/m0/s1. The summed E-state index contributed by atoms with van der Waals surface area (Å²) in [5, 5.41) is 0. The zero-order valence-electron chi connectivity index (χ0n) is 18.2. The number of carbonyl (C=O) groups excluding carboxylic acids is 2. The first-order chi connectivity index (χ1) is 14.8. The highest BCUT2D eigenvalue weighted by Gasteiger charge is 2.45. The van der Waals surface area contributed by atoms with E-state index in [-0.39, 0.29) is 29.2 Å². The minimum atomic E-state index is -3.93. The summed E-state index contributed by atoms with van der Waals surface area (Å²) in [7, 11) is -0.701. The van der Waals surface area contributed by atoms with Crippen LogP contribution in [-0.2, 0) is 19.6 Å². The zero-order valence-corrected chi connectivity index (χ0v) is 19.0. The van der Waals surface area contributed by atoms with Crippen molar-refractivity contribution in [2.45, 2.75) is 55.6 Å². The molecular formula is C22H31N3O5S. The average molecular weight is 450 g/mol.